The molecular formula is C9H14N2OS2. The van der Waals surface area contributed by atoms with E-state index in [1.54, 1.807) is 17.5 Å². The standard InChI is InChI=1S/C9H14N2OS2/c1-9(2,8-10-4-6-14-8)11-7(12)3-5-13/h4,6,13H,3,5H2,1-2H3,(H,11,12). The summed E-state index contributed by atoms with van der Waals surface area (Å²) < 4.78 is 0. The number of rotatable bonds is 4. The van der Waals surface area contributed by atoms with Gasteiger partial charge in [-0.3, -0.25) is 4.79 Å². The van der Waals surface area contributed by atoms with E-state index < -0.39 is 0 Å². The van der Waals surface area contributed by atoms with Crippen LogP contribution in [0.2, 0.25) is 0 Å². The number of thiazole rings is 1. The van der Waals surface area contributed by atoms with Gasteiger partial charge in [-0.15, -0.1) is 11.3 Å². The van der Waals surface area contributed by atoms with Crippen LogP contribution in [0.15, 0.2) is 11.6 Å². The van der Waals surface area contributed by atoms with E-state index >= 15 is 0 Å². The van der Waals surface area contributed by atoms with Crippen molar-refractivity contribution in [1.29, 1.82) is 0 Å². The Labute approximate surface area is 93.3 Å². The maximum Gasteiger partial charge on any atom is 0.221 e. The van der Waals surface area contributed by atoms with Gasteiger partial charge in [0.1, 0.15) is 5.01 Å². The fraction of sp³-hybridized carbons (Fsp3) is 0.556. The number of carbonyl (C=O) groups excluding carboxylic acids is 1. The molecule has 1 N–H and O–H groups in total. The minimum absolute atomic E-state index is 0.0141. The normalized spacial score (nSPS) is 11.4. The van der Waals surface area contributed by atoms with Crippen LogP contribution in [-0.2, 0) is 10.3 Å². The third kappa shape index (κ3) is 2.99. The molecule has 1 amide bonds. The number of nitrogens with one attached hydrogen (secondary N) is 1. The van der Waals surface area contributed by atoms with Crippen LogP contribution < -0.4 is 5.32 Å². The molecule has 14 heavy (non-hydrogen) atoms. The van der Waals surface area contributed by atoms with E-state index in [1.807, 2.05) is 19.2 Å². The number of aromatic nitrogens is 1. The first-order valence-corrected chi connectivity index (χ1v) is 5.89. The molecule has 0 unspecified atom stereocenters. The maximum atomic E-state index is 11.4. The lowest BCUT2D eigenvalue weighted by Gasteiger charge is -2.23. The Bertz CT molecular complexity index is 296. The Kier molecular flexibility index (Phi) is 3.95. The maximum absolute atomic E-state index is 11.4. The summed E-state index contributed by atoms with van der Waals surface area (Å²) in [6.45, 7) is 3.89. The van der Waals surface area contributed by atoms with E-state index in [0.29, 0.717) is 12.2 Å². The summed E-state index contributed by atoms with van der Waals surface area (Å²) in [6, 6.07) is 0. The van der Waals surface area contributed by atoms with E-state index in [2.05, 4.69) is 22.9 Å². The highest BCUT2D eigenvalue weighted by Crippen LogP contribution is 2.21. The highest BCUT2D eigenvalue weighted by atomic mass is 32.1. The second kappa shape index (κ2) is 4.79. The smallest absolute Gasteiger partial charge is 0.221 e. The summed E-state index contributed by atoms with van der Waals surface area (Å²) in [6.07, 6.45) is 2.18. The lowest BCUT2D eigenvalue weighted by molar-refractivity contribution is -0.122. The van der Waals surface area contributed by atoms with E-state index in [4.69, 9.17) is 0 Å². The van der Waals surface area contributed by atoms with Crippen molar-refractivity contribution in [2.24, 2.45) is 0 Å². The molecule has 0 fully saturated rings. The Balaban J connectivity index is 2.63. The molecule has 0 atom stereocenters. The fourth-order valence-corrected chi connectivity index (χ4v) is 2.02. The van der Waals surface area contributed by atoms with Crippen LogP contribution in [0.5, 0.6) is 0 Å². The van der Waals surface area contributed by atoms with E-state index in [1.165, 1.54) is 0 Å². The molecule has 78 valence electrons. The number of thiol groups is 1. The predicted molar refractivity (Wildman–Crippen MR) is 61.8 cm³/mol. The summed E-state index contributed by atoms with van der Waals surface area (Å²) in [5.74, 6) is 0.583. The Morgan fingerprint density at radius 3 is 2.93 bits per heavy atom. The van der Waals surface area contributed by atoms with Crippen molar-refractivity contribution in [2.45, 2.75) is 25.8 Å². The van der Waals surface area contributed by atoms with Crippen LogP contribution in [0, 0.1) is 0 Å². The molecule has 1 rings (SSSR count). The van der Waals surface area contributed by atoms with Crippen LogP contribution in [-0.4, -0.2) is 16.6 Å². The van der Waals surface area contributed by atoms with Gasteiger partial charge in [-0.2, -0.15) is 12.6 Å². The molecule has 0 aliphatic carbocycles. The van der Waals surface area contributed by atoms with Gasteiger partial charge in [0.25, 0.3) is 0 Å². The van der Waals surface area contributed by atoms with Gasteiger partial charge in [0.2, 0.25) is 5.91 Å². The summed E-state index contributed by atoms with van der Waals surface area (Å²) in [5.41, 5.74) is -0.381. The molecule has 0 saturated carbocycles. The van der Waals surface area contributed by atoms with Crippen LogP contribution in [0.1, 0.15) is 25.3 Å². The molecule has 1 heterocycles. The quantitative estimate of drug-likeness (QED) is 0.775. The number of carbonyl (C=O) groups is 1. The molecule has 0 radical (unpaired) electrons. The van der Waals surface area contributed by atoms with Crippen molar-refractivity contribution in [2.75, 3.05) is 5.75 Å². The van der Waals surface area contributed by atoms with Gasteiger partial charge < -0.3 is 5.32 Å². The average molecular weight is 230 g/mol. The first-order chi connectivity index (χ1) is 6.56. The van der Waals surface area contributed by atoms with Gasteiger partial charge >= 0.3 is 0 Å². The van der Waals surface area contributed by atoms with Crippen molar-refractivity contribution >= 4 is 29.9 Å². The van der Waals surface area contributed by atoms with Crippen LogP contribution in [0.25, 0.3) is 0 Å². The zero-order chi connectivity index (χ0) is 10.6. The SMILES string of the molecule is CC(C)(NC(=O)CCS)c1nccs1. The zero-order valence-electron chi connectivity index (χ0n) is 8.28. The van der Waals surface area contributed by atoms with Gasteiger partial charge in [0.15, 0.2) is 0 Å². The molecule has 5 heteroatoms. The molecule has 0 spiro atoms. The van der Waals surface area contributed by atoms with Crippen LogP contribution in [0.3, 0.4) is 0 Å². The van der Waals surface area contributed by atoms with Gasteiger partial charge in [-0.25, -0.2) is 4.98 Å². The van der Waals surface area contributed by atoms with Crippen molar-refractivity contribution < 1.29 is 4.79 Å². The average Bonchev–Trinajstić information content (AvgIpc) is 2.54. The van der Waals surface area contributed by atoms with E-state index in [9.17, 15) is 4.79 Å². The van der Waals surface area contributed by atoms with Crippen molar-refractivity contribution in [3.8, 4) is 0 Å². The molecule has 3 nitrogen and oxygen atoms in total. The number of hydrogen-bond acceptors (Lipinski definition) is 4. The highest BCUT2D eigenvalue weighted by molar-refractivity contribution is 7.80. The lowest BCUT2D eigenvalue weighted by atomic mass is 10.1. The lowest BCUT2D eigenvalue weighted by Crippen LogP contribution is -2.40. The minimum Gasteiger partial charge on any atom is -0.345 e. The topological polar surface area (TPSA) is 42.0 Å². The highest BCUT2D eigenvalue weighted by Gasteiger charge is 2.24. The van der Waals surface area contributed by atoms with E-state index in [0.717, 1.165) is 5.01 Å². The van der Waals surface area contributed by atoms with Crippen molar-refractivity contribution in [1.82, 2.24) is 10.3 Å². The Morgan fingerprint density at radius 2 is 2.43 bits per heavy atom. The van der Waals surface area contributed by atoms with Crippen molar-refractivity contribution in [3.05, 3.63) is 16.6 Å². The second-order valence-electron chi connectivity index (χ2n) is 3.48. The minimum atomic E-state index is -0.381. The predicted octanol–water partition coefficient (Wildman–Crippen LogP) is 1.81. The second-order valence-corrected chi connectivity index (χ2v) is 4.83. The molecule has 0 saturated heterocycles. The molecule has 0 bridgehead atoms. The van der Waals surface area contributed by atoms with Gasteiger partial charge in [0.05, 0.1) is 5.54 Å². The van der Waals surface area contributed by atoms with Gasteiger partial charge in [-0.1, -0.05) is 0 Å². The molecule has 1 aromatic heterocycles. The van der Waals surface area contributed by atoms with E-state index in [-0.39, 0.29) is 11.4 Å². The fourth-order valence-electron chi connectivity index (χ4n) is 1.10. The molecule has 0 aliphatic rings. The molecular weight excluding hydrogens is 216 g/mol. The summed E-state index contributed by atoms with van der Waals surface area (Å²) in [5, 5.41) is 5.75. The Morgan fingerprint density at radius 1 is 1.71 bits per heavy atom. The largest absolute Gasteiger partial charge is 0.345 e. The monoisotopic (exact) mass is 230 g/mol. The Hall–Kier alpha value is -0.550. The third-order valence-electron chi connectivity index (χ3n) is 1.76. The van der Waals surface area contributed by atoms with Gasteiger partial charge in [0, 0.05) is 18.0 Å². The molecule has 0 aliphatic heterocycles. The van der Waals surface area contributed by atoms with Crippen LogP contribution in [0.4, 0.5) is 0 Å². The molecule has 1 aromatic rings. The summed E-state index contributed by atoms with van der Waals surface area (Å²) >= 11 is 5.56. The van der Waals surface area contributed by atoms with Gasteiger partial charge in [-0.05, 0) is 19.6 Å². The number of hydrogen-bond donors (Lipinski definition) is 2. The molecule has 0 aromatic carbocycles. The first kappa shape index (κ1) is 11.5. The number of amides is 1. The number of nitrogens with zero attached hydrogens (tertiary/aromatic N) is 1. The zero-order valence-corrected chi connectivity index (χ0v) is 9.99. The summed E-state index contributed by atoms with van der Waals surface area (Å²) in [7, 11) is 0. The first-order valence-electron chi connectivity index (χ1n) is 4.38. The summed E-state index contributed by atoms with van der Waals surface area (Å²) in [4.78, 5) is 15.6. The van der Waals surface area contributed by atoms with Crippen molar-refractivity contribution in [3.63, 3.8) is 0 Å². The van der Waals surface area contributed by atoms with Crippen LogP contribution >= 0.6 is 24.0 Å². The third-order valence-corrected chi connectivity index (χ3v) is 3.08.